The summed E-state index contributed by atoms with van der Waals surface area (Å²) in [6.45, 7) is 42.7. The van der Waals surface area contributed by atoms with Crippen molar-refractivity contribution in [2.24, 2.45) is 5.92 Å². The van der Waals surface area contributed by atoms with Crippen LogP contribution >= 0.6 is 0 Å². The highest BCUT2D eigenvalue weighted by atomic mass is 19.4. The number of rotatable bonds is 23. The summed E-state index contributed by atoms with van der Waals surface area (Å²) >= 11 is 0. The Morgan fingerprint density at radius 1 is 0.350 bits per heavy atom. The predicted octanol–water partition coefficient (Wildman–Crippen LogP) is 27.5. The Labute approximate surface area is 722 Å². The van der Waals surface area contributed by atoms with Gasteiger partial charge in [-0.1, -0.05) is 275 Å². The van der Waals surface area contributed by atoms with Crippen LogP contribution in [0.2, 0.25) is 0 Å². The van der Waals surface area contributed by atoms with E-state index in [4.69, 9.17) is 0 Å². The van der Waals surface area contributed by atoms with Gasteiger partial charge in [-0.05, 0) is 269 Å². The summed E-state index contributed by atoms with van der Waals surface area (Å²) in [4.78, 5) is 7.59. The monoisotopic (exact) mass is 1660 g/mol. The molecule has 0 aromatic heterocycles. The molecule has 3 heterocycles. The highest BCUT2D eigenvalue weighted by molar-refractivity contribution is 5.49. The number of alkyl halides is 6. The molecule has 9 nitrogen and oxygen atoms in total. The molecular weight excluding hydrogens is 1510 g/mol. The van der Waals surface area contributed by atoms with Gasteiger partial charge in [-0.2, -0.15) is 26.3 Å². The first kappa shape index (κ1) is 100. The summed E-state index contributed by atoms with van der Waals surface area (Å²) in [6, 6.07) is 59.0. The fourth-order valence-electron chi connectivity index (χ4n) is 17.4. The number of benzene rings is 7. The van der Waals surface area contributed by atoms with Gasteiger partial charge >= 0.3 is 12.4 Å². The molecule has 3 aliphatic heterocycles. The van der Waals surface area contributed by atoms with Gasteiger partial charge in [0.1, 0.15) is 12.1 Å². The van der Waals surface area contributed by atoms with Crippen molar-refractivity contribution in [3.05, 3.63) is 231 Å². The summed E-state index contributed by atoms with van der Waals surface area (Å²) in [7, 11) is 2.00. The van der Waals surface area contributed by atoms with Crippen molar-refractivity contribution in [2.75, 3.05) is 48.8 Å². The van der Waals surface area contributed by atoms with E-state index >= 15 is 0 Å². The maximum atomic E-state index is 12.8. The Hall–Kier alpha value is -6.72. The maximum Gasteiger partial charge on any atom is 0.404 e. The number of aliphatic hydroxyl groups excluding tert-OH is 1. The fraction of sp³-hybridized carbons (Fsp3) is 0.600. The smallest absolute Gasteiger partial charge is 0.393 e. The van der Waals surface area contributed by atoms with E-state index in [0.717, 1.165) is 61.5 Å². The van der Waals surface area contributed by atoms with Crippen LogP contribution in [0.15, 0.2) is 170 Å². The zero-order valence-electron chi connectivity index (χ0n) is 77.0. The van der Waals surface area contributed by atoms with Crippen LogP contribution in [0.1, 0.15) is 343 Å². The number of anilines is 3. The predicted molar refractivity (Wildman–Crippen MR) is 495 cm³/mol. The number of likely N-dealkylation sites (tertiary alicyclic amines) is 3. The lowest BCUT2D eigenvalue weighted by atomic mass is 9.95. The van der Waals surface area contributed by atoms with Crippen LogP contribution in [0, 0.1) is 5.92 Å². The second-order valence-corrected chi connectivity index (χ2v) is 38.8. The van der Waals surface area contributed by atoms with Crippen LogP contribution in [-0.4, -0.2) is 123 Å². The lowest BCUT2D eigenvalue weighted by Crippen LogP contribution is -2.45. The van der Waals surface area contributed by atoms with Crippen LogP contribution < -0.4 is 15.5 Å². The van der Waals surface area contributed by atoms with Crippen LogP contribution in [0.4, 0.5) is 43.4 Å². The molecule has 0 bridgehead atoms. The molecule has 15 heteroatoms. The maximum absolute atomic E-state index is 12.8. The van der Waals surface area contributed by atoms with E-state index < -0.39 is 35.6 Å². The van der Waals surface area contributed by atoms with Crippen molar-refractivity contribution >= 4 is 17.1 Å². The molecule has 120 heavy (non-hydrogen) atoms. The first-order chi connectivity index (χ1) is 56.6. The Morgan fingerprint density at radius 2 is 0.642 bits per heavy atom. The van der Waals surface area contributed by atoms with Gasteiger partial charge in [0.05, 0.1) is 17.3 Å². The minimum absolute atomic E-state index is 0.104. The van der Waals surface area contributed by atoms with Crippen molar-refractivity contribution in [3.63, 3.8) is 0 Å². The lowest BCUT2D eigenvalue weighted by molar-refractivity contribution is -0.177. The zero-order valence-corrected chi connectivity index (χ0v) is 77.0. The van der Waals surface area contributed by atoms with Gasteiger partial charge in [0.2, 0.25) is 0 Å². The molecule has 0 amide bonds. The third-order valence-corrected chi connectivity index (χ3v) is 24.9. The molecule has 7 aromatic rings. The number of nitrogens with zero attached hydrogens (tertiary/aromatic N) is 4. The van der Waals surface area contributed by atoms with Crippen molar-refractivity contribution < 1.29 is 41.7 Å². The molecule has 3 aliphatic carbocycles. The second kappa shape index (κ2) is 48.5. The first-order valence-electron chi connectivity index (χ1n) is 46.0. The van der Waals surface area contributed by atoms with Gasteiger partial charge in [-0.15, -0.1) is 0 Å². The van der Waals surface area contributed by atoms with Gasteiger partial charge in [-0.3, -0.25) is 14.7 Å². The van der Waals surface area contributed by atoms with Crippen molar-refractivity contribution in [1.82, 2.24) is 14.7 Å². The van der Waals surface area contributed by atoms with Crippen LogP contribution in [0.5, 0.6) is 0 Å². The minimum atomic E-state index is -4.10. The summed E-state index contributed by atoms with van der Waals surface area (Å²) in [5, 5.41) is 36.6. The zero-order chi connectivity index (χ0) is 88.1. The molecule has 13 rings (SSSR count). The average molecular weight is 1660 g/mol. The summed E-state index contributed by atoms with van der Waals surface area (Å²) in [6.07, 6.45) is 12.6. The molecule has 3 saturated heterocycles. The van der Waals surface area contributed by atoms with Crippen LogP contribution in [0.3, 0.4) is 0 Å². The number of hydrogen-bond donors (Lipinski definition) is 5. The highest BCUT2D eigenvalue weighted by Gasteiger charge is 2.47. The molecule has 3 unspecified atom stereocenters. The Bertz CT molecular complexity index is 3680. The molecule has 6 aliphatic rings. The minimum Gasteiger partial charge on any atom is -0.393 e. The van der Waals surface area contributed by atoms with Crippen LogP contribution in [0.25, 0.3) is 0 Å². The summed E-state index contributed by atoms with van der Waals surface area (Å²) in [5.74, 6) is 4.89. The number of likely N-dealkylation sites (N-methyl/N-ethyl adjacent to an activating group) is 1. The first-order valence-corrected chi connectivity index (χ1v) is 46.0. The SMILES string of the molecule is CC(C)c1ccc(CC2CCCC2)cc1.CC(C)c1ccc(CN2CCCC2C(C)(C)O)cc1.CC(C)c1ccc(CN2CCC[C@@H]2C(F)(F)F)cc1.CC(C)c1ccc(CN2CCC[C@H]2C(F)(F)F)cc1.CC(C)c1ccc(N(C)CC(C)(C)O)cc1.CC(C)c1ccc(NC2CCC(O)C2)cc1.CC(C)c1ccc(NC2CCCCC2)cc1. The molecule has 3 saturated carbocycles. The number of nitrogens with one attached hydrogen (secondary N) is 2. The topological polar surface area (TPSA) is 97.7 Å². The van der Waals surface area contributed by atoms with Crippen molar-refractivity contribution in [2.45, 2.75) is 368 Å². The van der Waals surface area contributed by atoms with Gasteiger partial charge in [-0.25, -0.2) is 0 Å². The molecule has 0 spiro atoms. The third-order valence-electron chi connectivity index (χ3n) is 24.9. The standard InChI is InChI=1S/C17H27NO.2C15H20F3N.C15H23N.C15H22.C14H21NO.C14H23NO/c1-13(2)15-9-7-14(8-10-15)12-18-11-5-6-16(18)17(3,4)19;2*1-11(2)13-7-5-12(6-8-13)10-19-9-3-4-14(19)15(16,17)18;1-12(2)13-8-10-15(11-9-13)16-14-6-4-3-5-7-14;1-12(2)15-9-7-14(8-10-15)11-13-5-3-4-6-13;1-10(2)11-3-5-12(6-4-11)15-13-7-8-14(16)9-13;1-11(2)12-6-8-13(9-7-12)15(5)10-14(3,4)16/h7-10,13,16,19H,5-6,11-12H2,1-4H3;2*5-8,11,14H,3-4,9-10H2,1-2H3;8-12,14,16H,3-7H2,1-2H3;7-10,12-13H,3-6,11H2,1-2H3;3-6,10,13-16H,7-9H2,1-2H3;6-9,11,16H,10H2,1-5H3/t;2*14-;;;;/m.10..../s1. The van der Waals surface area contributed by atoms with E-state index in [2.05, 4.69) is 239 Å². The van der Waals surface area contributed by atoms with Crippen LogP contribution in [-0.2, 0) is 26.1 Å². The summed E-state index contributed by atoms with van der Waals surface area (Å²) < 4.78 is 77.1. The van der Waals surface area contributed by atoms with Gasteiger partial charge in [0, 0.05) is 68.4 Å². The molecule has 0 radical (unpaired) electrons. The number of halogens is 6. The van der Waals surface area contributed by atoms with E-state index in [1.165, 1.54) is 132 Å². The second-order valence-electron chi connectivity index (χ2n) is 38.8. The Balaban J connectivity index is 0.000000193. The third kappa shape index (κ3) is 35.1. The molecular formula is C105H156F6N6O3. The molecule has 6 fully saturated rings. The quantitative estimate of drug-likeness (QED) is 0.0401. The Morgan fingerprint density at radius 3 is 0.942 bits per heavy atom. The molecule has 5 N–H and O–H groups in total. The Kier molecular flexibility index (Phi) is 40.6. The van der Waals surface area contributed by atoms with Gasteiger partial charge in [0.15, 0.2) is 0 Å². The number of aliphatic hydroxyl groups is 3. The van der Waals surface area contributed by atoms with E-state index in [9.17, 15) is 41.7 Å². The summed E-state index contributed by atoms with van der Waals surface area (Å²) in [5.41, 5.74) is 16.6. The fourth-order valence-corrected chi connectivity index (χ4v) is 17.4. The number of hydrogen-bond acceptors (Lipinski definition) is 9. The van der Waals surface area contributed by atoms with E-state index in [1.54, 1.807) is 9.80 Å². The molecule has 666 valence electrons. The average Bonchev–Trinajstić information content (AvgIpc) is 1.68. The van der Waals surface area contributed by atoms with Gasteiger partial charge < -0.3 is 30.9 Å². The van der Waals surface area contributed by atoms with E-state index in [-0.39, 0.29) is 25.0 Å². The van der Waals surface area contributed by atoms with Crippen molar-refractivity contribution in [1.29, 1.82) is 0 Å². The normalized spacial score (nSPS) is 19.6. The molecule has 5 atom stereocenters. The highest BCUT2D eigenvalue weighted by Crippen LogP contribution is 2.37. The van der Waals surface area contributed by atoms with Gasteiger partial charge in [0.25, 0.3) is 0 Å². The lowest BCUT2D eigenvalue weighted by Gasteiger charge is -2.33. The van der Waals surface area contributed by atoms with Crippen molar-refractivity contribution in [3.8, 4) is 0 Å². The van der Waals surface area contributed by atoms with E-state index in [1.807, 2.05) is 83.3 Å². The van der Waals surface area contributed by atoms with E-state index in [0.29, 0.717) is 99.1 Å². The molecule has 7 aromatic carbocycles. The largest absolute Gasteiger partial charge is 0.404 e.